The van der Waals surface area contributed by atoms with Gasteiger partial charge in [-0.2, -0.15) is 4.31 Å². The predicted octanol–water partition coefficient (Wildman–Crippen LogP) is 1.80. The zero-order valence-corrected chi connectivity index (χ0v) is 16.2. The monoisotopic (exact) mass is 405 g/mol. The average molecular weight is 406 g/mol. The summed E-state index contributed by atoms with van der Waals surface area (Å²) in [5.41, 5.74) is 0.504. The molecule has 1 aromatic rings. The highest BCUT2D eigenvalue weighted by Gasteiger charge is 2.27. The molecule has 0 bridgehead atoms. The number of alkyl halides is 1. The average Bonchev–Trinajstić information content (AvgIpc) is 2.64. The van der Waals surface area contributed by atoms with Gasteiger partial charge in [-0.1, -0.05) is 12.1 Å². The molecule has 0 saturated carbocycles. The van der Waals surface area contributed by atoms with Gasteiger partial charge in [-0.15, -0.1) is 11.6 Å². The van der Waals surface area contributed by atoms with Crippen LogP contribution in [-0.4, -0.2) is 63.0 Å². The van der Waals surface area contributed by atoms with Gasteiger partial charge in [-0.3, -0.25) is 4.79 Å². The van der Waals surface area contributed by atoms with E-state index in [-0.39, 0.29) is 17.5 Å². The van der Waals surface area contributed by atoms with Crippen molar-refractivity contribution in [3.05, 3.63) is 30.1 Å². The number of nitrogens with zero attached hydrogens (tertiary/aromatic N) is 2. The molecule has 1 saturated heterocycles. The Kier molecular flexibility index (Phi) is 8.12. The fraction of sp³-hybridized carbons (Fsp3) is 0.588. The predicted molar refractivity (Wildman–Crippen MR) is 102 cm³/mol. The molecule has 1 amide bonds. The van der Waals surface area contributed by atoms with Gasteiger partial charge in [0.15, 0.2) is 0 Å². The van der Waals surface area contributed by atoms with Gasteiger partial charge in [0.2, 0.25) is 15.9 Å². The maximum absolute atomic E-state index is 13.8. The second kappa shape index (κ2) is 10.1. The van der Waals surface area contributed by atoms with Crippen LogP contribution in [0.2, 0.25) is 0 Å². The van der Waals surface area contributed by atoms with Crippen molar-refractivity contribution in [2.45, 2.75) is 19.3 Å². The number of hydrogen-bond acceptors (Lipinski definition) is 4. The van der Waals surface area contributed by atoms with E-state index in [2.05, 4.69) is 5.32 Å². The molecule has 1 aliphatic heterocycles. The van der Waals surface area contributed by atoms with Crippen molar-refractivity contribution in [1.29, 1.82) is 0 Å². The highest BCUT2D eigenvalue weighted by molar-refractivity contribution is 7.89. The normalized spacial score (nSPS) is 15.8. The van der Waals surface area contributed by atoms with Gasteiger partial charge < -0.3 is 10.2 Å². The third-order valence-corrected chi connectivity index (χ3v) is 6.49. The molecule has 1 fully saturated rings. The summed E-state index contributed by atoms with van der Waals surface area (Å²) >= 11 is 5.52. The van der Waals surface area contributed by atoms with E-state index in [0.717, 1.165) is 0 Å². The Labute approximate surface area is 159 Å². The molecule has 9 heteroatoms. The van der Waals surface area contributed by atoms with Crippen LogP contribution in [-0.2, 0) is 14.8 Å². The lowest BCUT2D eigenvalue weighted by Crippen LogP contribution is -2.49. The molecule has 26 heavy (non-hydrogen) atoms. The first-order chi connectivity index (χ1) is 12.4. The standard InChI is InChI=1S/C17H25ClFN3O3S/c18-8-3-7-17(23)20-9-4-14-26(24,25)22-12-10-21(11-13-22)16-6-2-1-5-15(16)19/h1-2,5-6H,3-4,7-14H2,(H,20,23). The minimum absolute atomic E-state index is 0.0114. The SMILES string of the molecule is O=C(CCCCl)NCCCS(=O)(=O)N1CCN(c2ccccc2F)CC1. The summed E-state index contributed by atoms with van der Waals surface area (Å²) in [4.78, 5) is 13.3. The van der Waals surface area contributed by atoms with Crippen LogP contribution >= 0.6 is 11.6 Å². The molecule has 2 rings (SSSR count). The number of rotatable bonds is 9. The molecule has 0 radical (unpaired) electrons. The number of amides is 1. The van der Waals surface area contributed by atoms with Crippen LogP contribution in [0, 0.1) is 5.82 Å². The first kappa shape index (κ1) is 20.9. The molecule has 0 aliphatic carbocycles. The zero-order chi connectivity index (χ0) is 19.0. The number of piperazine rings is 1. The number of benzene rings is 1. The Bertz CT molecular complexity index is 694. The number of carbonyl (C=O) groups is 1. The van der Waals surface area contributed by atoms with E-state index >= 15 is 0 Å². The Morgan fingerprint density at radius 2 is 1.85 bits per heavy atom. The van der Waals surface area contributed by atoms with Gasteiger partial charge in [0.25, 0.3) is 0 Å². The summed E-state index contributed by atoms with van der Waals surface area (Å²) < 4.78 is 40.1. The number of hydrogen-bond donors (Lipinski definition) is 1. The van der Waals surface area contributed by atoms with Crippen LogP contribution in [0.5, 0.6) is 0 Å². The number of anilines is 1. The fourth-order valence-corrected chi connectivity index (χ4v) is 4.46. The molecule has 1 heterocycles. The smallest absolute Gasteiger partial charge is 0.220 e. The largest absolute Gasteiger partial charge is 0.367 e. The highest BCUT2D eigenvalue weighted by Crippen LogP contribution is 2.21. The van der Waals surface area contributed by atoms with E-state index in [1.807, 2.05) is 4.90 Å². The number of halogens is 2. The van der Waals surface area contributed by atoms with Crippen LogP contribution in [0.4, 0.5) is 10.1 Å². The molecule has 0 spiro atoms. The van der Waals surface area contributed by atoms with E-state index in [1.54, 1.807) is 18.2 Å². The maximum Gasteiger partial charge on any atom is 0.220 e. The number of para-hydroxylation sites is 1. The second-order valence-corrected chi connectivity index (χ2v) is 8.62. The molecular formula is C17H25ClFN3O3S. The van der Waals surface area contributed by atoms with Crippen LogP contribution in [0.15, 0.2) is 24.3 Å². The molecule has 0 atom stereocenters. The number of nitrogens with one attached hydrogen (secondary N) is 1. The lowest BCUT2D eigenvalue weighted by Gasteiger charge is -2.35. The van der Waals surface area contributed by atoms with E-state index in [0.29, 0.717) is 63.6 Å². The third-order valence-electron chi connectivity index (χ3n) is 4.26. The lowest BCUT2D eigenvalue weighted by molar-refractivity contribution is -0.121. The summed E-state index contributed by atoms with van der Waals surface area (Å²) in [5.74, 6) is 0.0126. The Morgan fingerprint density at radius 3 is 2.50 bits per heavy atom. The second-order valence-electron chi connectivity index (χ2n) is 6.15. The lowest BCUT2D eigenvalue weighted by atomic mass is 10.2. The van der Waals surface area contributed by atoms with Crippen LogP contribution in [0.3, 0.4) is 0 Å². The van der Waals surface area contributed by atoms with Gasteiger partial charge in [-0.25, -0.2) is 12.8 Å². The van der Waals surface area contributed by atoms with Crippen molar-refractivity contribution in [3.8, 4) is 0 Å². The maximum atomic E-state index is 13.8. The third kappa shape index (κ3) is 6.10. The zero-order valence-electron chi connectivity index (χ0n) is 14.7. The van der Waals surface area contributed by atoms with Crippen molar-refractivity contribution in [2.24, 2.45) is 0 Å². The van der Waals surface area contributed by atoms with Gasteiger partial charge in [0, 0.05) is 45.0 Å². The van der Waals surface area contributed by atoms with Crippen LogP contribution < -0.4 is 10.2 Å². The van der Waals surface area contributed by atoms with E-state index in [1.165, 1.54) is 10.4 Å². The van der Waals surface area contributed by atoms with E-state index in [4.69, 9.17) is 11.6 Å². The minimum atomic E-state index is -3.37. The topological polar surface area (TPSA) is 69.7 Å². The fourth-order valence-electron chi connectivity index (χ4n) is 2.84. The molecule has 1 N–H and O–H groups in total. The van der Waals surface area contributed by atoms with E-state index < -0.39 is 10.0 Å². The Balaban J connectivity index is 1.75. The van der Waals surface area contributed by atoms with Gasteiger partial charge in [-0.05, 0) is 25.0 Å². The summed E-state index contributed by atoms with van der Waals surface area (Å²) in [5, 5.41) is 2.70. The molecular weight excluding hydrogens is 381 g/mol. The molecule has 1 aliphatic rings. The van der Waals surface area contributed by atoms with Crippen molar-refractivity contribution in [2.75, 3.05) is 49.3 Å². The van der Waals surface area contributed by atoms with E-state index in [9.17, 15) is 17.6 Å². The minimum Gasteiger partial charge on any atom is -0.367 e. The highest BCUT2D eigenvalue weighted by atomic mass is 35.5. The van der Waals surface area contributed by atoms with Crippen LogP contribution in [0.1, 0.15) is 19.3 Å². The van der Waals surface area contributed by atoms with Crippen molar-refractivity contribution in [1.82, 2.24) is 9.62 Å². The van der Waals surface area contributed by atoms with Crippen molar-refractivity contribution in [3.63, 3.8) is 0 Å². The van der Waals surface area contributed by atoms with Gasteiger partial charge >= 0.3 is 0 Å². The van der Waals surface area contributed by atoms with Gasteiger partial charge in [0.05, 0.1) is 11.4 Å². The molecule has 0 unspecified atom stereocenters. The molecule has 146 valence electrons. The first-order valence-electron chi connectivity index (χ1n) is 8.74. The van der Waals surface area contributed by atoms with Gasteiger partial charge in [0.1, 0.15) is 5.82 Å². The quantitative estimate of drug-likeness (QED) is 0.502. The Hall–Kier alpha value is -1.38. The summed E-state index contributed by atoms with van der Waals surface area (Å²) in [6.07, 6.45) is 1.33. The van der Waals surface area contributed by atoms with Crippen molar-refractivity contribution >= 4 is 33.2 Å². The molecule has 6 nitrogen and oxygen atoms in total. The summed E-state index contributed by atoms with van der Waals surface area (Å²) in [7, 11) is -3.37. The van der Waals surface area contributed by atoms with Crippen molar-refractivity contribution < 1.29 is 17.6 Å². The summed E-state index contributed by atoms with van der Waals surface area (Å²) in [6, 6.07) is 6.50. The molecule has 1 aromatic carbocycles. The molecule has 0 aromatic heterocycles. The number of carbonyl (C=O) groups excluding carboxylic acids is 1. The summed E-state index contributed by atoms with van der Waals surface area (Å²) in [6.45, 7) is 1.90. The first-order valence-corrected chi connectivity index (χ1v) is 10.9. The van der Waals surface area contributed by atoms with Crippen LogP contribution in [0.25, 0.3) is 0 Å². The Morgan fingerprint density at radius 1 is 1.15 bits per heavy atom. The number of sulfonamides is 1.